The van der Waals surface area contributed by atoms with Gasteiger partial charge in [-0.25, -0.2) is 0 Å². The van der Waals surface area contributed by atoms with E-state index in [1.54, 1.807) is 11.8 Å². The number of likely N-dealkylation sites (tertiary alicyclic amines) is 1. The molecule has 24 heavy (non-hydrogen) atoms. The van der Waals surface area contributed by atoms with E-state index in [1.165, 1.54) is 11.1 Å². The van der Waals surface area contributed by atoms with Gasteiger partial charge in [-0.3, -0.25) is 9.69 Å². The van der Waals surface area contributed by atoms with E-state index in [4.69, 9.17) is 0 Å². The Morgan fingerprint density at radius 2 is 1.88 bits per heavy atom. The summed E-state index contributed by atoms with van der Waals surface area (Å²) in [6.07, 6.45) is 4.11. The highest BCUT2D eigenvalue weighted by atomic mass is 32.2. The van der Waals surface area contributed by atoms with Crippen molar-refractivity contribution in [3.63, 3.8) is 0 Å². The number of carbonyl (C=O) groups excluding carboxylic acids is 1. The zero-order chi connectivity index (χ0) is 16.8. The lowest BCUT2D eigenvalue weighted by Crippen LogP contribution is -2.39. The lowest BCUT2D eigenvalue weighted by molar-refractivity contribution is -0.120. The molecule has 0 spiro atoms. The summed E-state index contributed by atoms with van der Waals surface area (Å²) in [4.78, 5) is 15.0. The first-order valence-electron chi connectivity index (χ1n) is 8.43. The summed E-state index contributed by atoms with van der Waals surface area (Å²) in [5, 5.41) is 3.08. The highest BCUT2D eigenvalue weighted by Crippen LogP contribution is 2.22. The molecule has 1 atom stereocenters. The average molecular weight is 340 g/mol. The van der Waals surface area contributed by atoms with Crippen LogP contribution in [0.4, 0.5) is 5.69 Å². The number of thioether (sulfide) groups is 1. The second-order valence-corrected chi connectivity index (χ2v) is 7.10. The number of hydrogen-bond donors (Lipinski definition) is 1. The smallest absolute Gasteiger partial charge is 0.241 e. The van der Waals surface area contributed by atoms with E-state index >= 15 is 0 Å². The van der Waals surface area contributed by atoms with Crippen molar-refractivity contribution in [1.82, 2.24) is 4.90 Å². The number of rotatable bonds is 6. The molecule has 1 saturated heterocycles. The topological polar surface area (TPSA) is 32.3 Å². The standard InChI is InChI=1S/C20H24N2OS/c1-24-15-17-9-11-18(12-10-17)21-20(23)19-8-5-13-22(19)14-16-6-3-2-4-7-16/h2-4,6-7,9-12,19H,5,8,13-15H2,1H3,(H,21,23). The van der Waals surface area contributed by atoms with Gasteiger partial charge in [0.1, 0.15) is 0 Å². The normalized spacial score (nSPS) is 17.8. The first kappa shape index (κ1) is 17.1. The van der Waals surface area contributed by atoms with Crippen molar-refractivity contribution in [2.24, 2.45) is 0 Å². The van der Waals surface area contributed by atoms with Crippen LogP contribution in [0, 0.1) is 0 Å². The van der Waals surface area contributed by atoms with Crippen LogP contribution in [-0.4, -0.2) is 29.6 Å². The van der Waals surface area contributed by atoms with Crippen LogP contribution in [0.25, 0.3) is 0 Å². The van der Waals surface area contributed by atoms with Crippen molar-refractivity contribution < 1.29 is 4.79 Å². The number of benzene rings is 2. The zero-order valence-electron chi connectivity index (χ0n) is 14.1. The quantitative estimate of drug-likeness (QED) is 0.857. The minimum absolute atomic E-state index is 0.0314. The van der Waals surface area contributed by atoms with Crippen LogP contribution < -0.4 is 5.32 Å². The van der Waals surface area contributed by atoms with Crippen molar-refractivity contribution in [2.45, 2.75) is 31.2 Å². The Balaban J connectivity index is 1.61. The van der Waals surface area contributed by atoms with E-state index in [0.717, 1.165) is 37.4 Å². The lowest BCUT2D eigenvalue weighted by atomic mass is 10.1. The second kappa shape index (κ2) is 8.36. The van der Waals surface area contributed by atoms with Gasteiger partial charge >= 0.3 is 0 Å². The van der Waals surface area contributed by atoms with Crippen molar-refractivity contribution in [3.05, 3.63) is 65.7 Å². The molecule has 2 aromatic carbocycles. The number of carbonyl (C=O) groups is 1. The number of nitrogens with zero attached hydrogens (tertiary/aromatic N) is 1. The third kappa shape index (κ3) is 4.40. The van der Waals surface area contributed by atoms with Gasteiger partial charge in [0, 0.05) is 18.0 Å². The molecule has 0 bridgehead atoms. The number of nitrogens with one attached hydrogen (secondary N) is 1. The zero-order valence-corrected chi connectivity index (χ0v) is 14.9. The molecule has 1 aliphatic heterocycles. The first-order valence-corrected chi connectivity index (χ1v) is 9.82. The Morgan fingerprint density at radius 3 is 2.58 bits per heavy atom. The van der Waals surface area contributed by atoms with Gasteiger partial charge in [0.15, 0.2) is 0 Å². The van der Waals surface area contributed by atoms with Crippen LogP contribution in [0.1, 0.15) is 24.0 Å². The third-order valence-electron chi connectivity index (χ3n) is 4.43. The van der Waals surface area contributed by atoms with E-state index in [0.29, 0.717) is 0 Å². The molecule has 1 amide bonds. The van der Waals surface area contributed by atoms with Crippen molar-refractivity contribution in [3.8, 4) is 0 Å². The maximum absolute atomic E-state index is 12.7. The molecule has 1 fully saturated rings. The number of hydrogen-bond acceptors (Lipinski definition) is 3. The largest absolute Gasteiger partial charge is 0.325 e. The summed E-state index contributed by atoms with van der Waals surface area (Å²) in [5.41, 5.74) is 3.43. The fourth-order valence-corrected chi connectivity index (χ4v) is 3.73. The van der Waals surface area contributed by atoms with Gasteiger partial charge in [-0.15, -0.1) is 0 Å². The minimum atomic E-state index is -0.0314. The SMILES string of the molecule is CSCc1ccc(NC(=O)C2CCCN2Cc2ccccc2)cc1. The summed E-state index contributed by atoms with van der Waals surface area (Å²) in [6.45, 7) is 1.82. The molecule has 0 aliphatic carbocycles. The number of amides is 1. The summed E-state index contributed by atoms with van der Waals surface area (Å²) in [7, 11) is 0. The van der Waals surface area contributed by atoms with Crippen LogP contribution in [0.5, 0.6) is 0 Å². The highest BCUT2D eigenvalue weighted by Gasteiger charge is 2.30. The monoisotopic (exact) mass is 340 g/mol. The van der Waals surface area contributed by atoms with Gasteiger partial charge in [-0.05, 0) is 48.9 Å². The predicted octanol–water partition coefficient (Wildman–Crippen LogP) is 4.15. The van der Waals surface area contributed by atoms with Crippen LogP contribution in [0.3, 0.4) is 0 Å². The van der Waals surface area contributed by atoms with Crippen LogP contribution in [-0.2, 0) is 17.1 Å². The fourth-order valence-electron chi connectivity index (χ4n) is 3.21. The van der Waals surface area contributed by atoms with Gasteiger partial charge < -0.3 is 5.32 Å². The molecule has 1 heterocycles. The van der Waals surface area contributed by atoms with Crippen LogP contribution in [0.2, 0.25) is 0 Å². The summed E-state index contributed by atoms with van der Waals surface area (Å²) < 4.78 is 0. The molecule has 0 aromatic heterocycles. The molecule has 1 aliphatic rings. The molecular weight excluding hydrogens is 316 g/mol. The van der Waals surface area contributed by atoms with E-state index in [2.05, 4.69) is 52.9 Å². The molecular formula is C20H24N2OS. The molecule has 4 heteroatoms. The molecule has 126 valence electrons. The Labute approximate surface area is 148 Å². The highest BCUT2D eigenvalue weighted by molar-refractivity contribution is 7.97. The Hall–Kier alpha value is -1.78. The van der Waals surface area contributed by atoms with Gasteiger partial charge in [-0.1, -0.05) is 42.5 Å². The van der Waals surface area contributed by atoms with Crippen molar-refractivity contribution in [2.75, 3.05) is 18.1 Å². The lowest BCUT2D eigenvalue weighted by Gasteiger charge is -2.23. The van der Waals surface area contributed by atoms with Crippen LogP contribution >= 0.6 is 11.8 Å². The molecule has 0 saturated carbocycles. The Bertz CT molecular complexity index is 657. The second-order valence-electron chi connectivity index (χ2n) is 6.23. The van der Waals surface area contributed by atoms with Crippen molar-refractivity contribution in [1.29, 1.82) is 0 Å². The van der Waals surface area contributed by atoms with Gasteiger partial charge in [0.2, 0.25) is 5.91 Å². The first-order chi connectivity index (χ1) is 11.8. The maximum Gasteiger partial charge on any atom is 0.241 e. The van der Waals surface area contributed by atoms with Gasteiger partial charge in [0.05, 0.1) is 6.04 Å². The molecule has 1 unspecified atom stereocenters. The Morgan fingerprint density at radius 1 is 1.12 bits per heavy atom. The predicted molar refractivity (Wildman–Crippen MR) is 102 cm³/mol. The third-order valence-corrected chi connectivity index (χ3v) is 5.05. The van der Waals surface area contributed by atoms with E-state index < -0.39 is 0 Å². The van der Waals surface area contributed by atoms with E-state index in [1.807, 2.05) is 18.2 Å². The van der Waals surface area contributed by atoms with Gasteiger partial charge in [0.25, 0.3) is 0 Å². The van der Waals surface area contributed by atoms with E-state index in [-0.39, 0.29) is 11.9 Å². The summed E-state index contributed by atoms with van der Waals surface area (Å²) >= 11 is 1.80. The molecule has 3 nitrogen and oxygen atoms in total. The Kier molecular flexibility index (Phi) is 5.94. The van der Waals surface area contributed by atoms with Crippen LogP contribution in [0.15, 0.2) is 54.6 Å². The summed E-state index contributed by atoms with van der Waals surface area (Å²) in [5.74, 6) is 1.11. The summed E-state index contributed by atoms with van der Waals surface area (Å²) in [6, 6.07) is 18.5. The molecule has 0 radical (unpaired) electrons. The molecule has 3 rings (SSSR count). The average Bonchev–Trinajstić information content (AvgIpc) is 3.06. The molecule has 1 N–H and O–H groups in total. The number of anilines is 1. The molecule has 2 aromatic rings. The minimum Gasteiger partial charge on any atom is -0.325 e. The van der Waals surface area contributed by atoms with E-state index in [9.17, 15) is 4.79 Å². The fraction of sp³-hybridized carbons (Fsp3) is 0.350. The van der Waals surface area contributed by atoms with Gasteiger partial charge in [-0.2, -0.15) is 11.8 Å². The maximum atomic E-state index is 12.7. The van der Waals surface area contributed by atoms with Crippen molar-refractivity contribution >= 4 is 23.4 Å².